The van der Waals surface area contributed by atoms with Crippen molar-refractivity contribution >= 4 is 10.8 Å². The van der Waals surface area contributed by atoms with E-state index in [2.05, 4.69) is 26.1 Å². The fourth-order valence-corrected chi connectivity index (χ4v) is 2.59. The van der Waals surface area contributed by atoms with Crippen molar-refractivity contribution in [1.82, 2.24) is 5.32 Å². The summed E-state index contributed by atoms with van der Waals surface area (Å²) in [4.78, 5) is 0.867. The van der Waals surface area contributed by atoms with Crippen molar-refractivity contribution in [2.24, 2.45) is 0 Å². The molecule has 1 unspecified atom stereocenters. The molecule has 0 aliphatic carbocycles. The van der Waals surface area contributed by atoms with Crippen LogP contribution in [-0.2, 0) is 10.8 Å². The molecule has 4 heteroatoms. The Hall–Kier alpha value is -0.870. The number of ether oxygens (including phenoxy) is 1. The Morgan fingerprint density at radius 1 is 1.22 bits per heavy atom. The van der Waals surface area contributed by atoms with Gasteiger partial charge in [0.05, 0.1) is 17.9 Å². The molecule has 0 fully saturated rings. The van der Waals surface area contributed by atoms with E-state index in [-0.39, 0.29) is 5.54 Å². The zero-order chi connectivity index (χ0) is 13.6. The number of hydrogen-bond donors (Lipinski definition) is 1. The molecule has 0 bridgehead atoms. The monoisotopic (exact) mass is 269 g/mol. The normalized spacial score (nSPS) is 13.3. The minimum absolute atomic E-state index is 0.127. The van der Waals surface area contributed by atoms with E-state index in [4.69, 9.17) is 4.74 Å². The molecule has 1 rings (SSSR count). The summed E-state index contributed by atoms with van der Waals surface area (Å²) in [7, 11) is 0.712. The van der Waals surface area contributed by atoms with E-state index in [1.165, 1.54) is 0 Å². The van der Waals surface area contributed by atoms with Gasteiger partial charge in [-0.05, 0) is 58.0 Å². The van der Waals surface area contributed by atoms with Gasteiger partial charge in [0, 0.05) is 16.2 Å². The molecule has 0 aliphatic heterocycles. The topological polar surface area (TPSA) is 38.3 Å². The molecule has 0 heterocycles. The van der Waals surface area contributed by atoms with E-state index in [9.17, 15) is 4.21 Å². The fourth-order valence-electron chi connectivity index (χ4n) is 1.51. The van der Waals surface area contributed by atoms with Crippen LogP contribution in [0.2, 0.25) is 0 Å². The molecule has 0 aliphatic rings. The van der Waals surface area contributed by atoms with Crippen LogP contribution in [0.4, 0.5) is 0 Å². The molecule has 102 valence electrons. The Kier molecular flexibility index (Phi) is 5.82. The highest BCUT2D eigenvalue weighted by Crippen LogP contribution is 2.14. The van der Waals surface area contributed by atoms with Gasteiger partial charge in [0.25, 0.3) is 0 Å². The van der Waals surface area contributed by atoms with Crippen LogP contribution in [-0.4, -0.2) is 29.2 Å². The quantitative estimate of drug-likeness (QED) is 0.807. The van der Waals surface area contributed by atoms with Crippen LogP contribution in [0.25, 0.3) is 0 Å². The van der Waals surface area contributed by atoms with Crippen LogP contribution >= 0.6 is 0 Å². The lowest BCUT2D eigenvalue weighted by atomic mass is 10.1. The van der Waals surface area contributed by atoms with Crippen LogP contribution in [0.15, 0.2) is 29.2 Å². The van der Waals surface area contributed by atoms with Crippen molar-refractivity contribution in [2.45, 2.75) is 37.6 Å². The Morgan fingerprint density at radius 2 is 1.83 bits per heavy atom. The van der Waals surface area contributed by atoms with Crippen molar-refractivity contribution in [3.8, 4) is 5.75 Å². The molecular formula is C14H23NO2S. The van der Waals surface area contributed by atoms with Crippen LogP contribution in [0.3, 0.4) is 0 Å². The van der Waals surface area contributed by atoms with Gasteiger partial charge in [-0.15, -0.1) is 0 Å². The lowest BCUT2D eigenvalue weighted by Crippen LogP contribution is -2.36. The third-order valence-electron chi connectivity index (χ3n) is 2.48. The second-order valence-electron chi connectivity index (χ2n) is 5.26. The van der Waals surface area contributed by atoms with E-state index >= 15 is 0 Å². The molecule has 0 amide bonds. The molecule has 1 aromatic rings. The highest BCUT2D eigenvalue weighted by molar-refractivity contribution is 7.85. The van der Waals surface area contributed by atoms with E-state index < -0.39 is 10.8 Å². The first-order chi connectivity index (χ1) is 8.42. The summed E-state index contributed by atoms with van der Waals surface area (Å²) in [5.74, 6) is 1.49. The summed E-state index contributed by atoms with van der Waals surface area (Å²) in [6.07, 6.45) is 0.913. The van der Waals surface area contributed by atoms with Gasteiger partial charge in [-0.25, -0.2) is 0 Å². The lowest BCUT2D eigenvalue weighted by molar-refractivity contribution is 0.414. The molecule has 3 nitrogen and oxygen atoms in total. The first-order valence-electron chi connectivity index (χ1n) is 6.20. The van der Waals surface area contributed by atoms with E-state index in [1.54, 1.807) is 7.11 Å². The van der Waals surface area contributed by atoms with Crippen molar-refractivity contribution in [3.05, 3.63) is 24.3 Å². The number of nitrogens with one attached hydrogen (secondary N) is 1. The maximum Gasteiger partial charge on any atom is 0.118 e. The molecule has 1 N–H and O–H groups in total. The maximum absolute atomic E-state index is 12.0. The van der Waals surface area contributed by atoms with Crippen LogP contribution < -0.4 is 10.1 Å². The van der Waals surface area contributed by atoms with E-state index in [1.807, 2.05) is 24.3 Å². The van der Waals surface area contributed by atoms with Crippen molar-refractivity contribution in [2.75, 3.05) is 19.4 Å². The van der Waals surface area contributed by atoms with E-state index in [0.717, 1.165) is 23.6 Å². The van der Waals surface area contributed by atoms with Crippen LogP contribution in [0.5, 0.6) is 5.75 Å². The fraction of sp³-hybridized carbons (Fsp3) is 0.571. The minimum atomic E-state index is -0.917. The van der Waals surface area contributed by atoms with Crippen molar-refractivity contribution in [1.29, 1.82) is 0 Å². The maximum atomic E-state index is 12.0. The van der Waals surface area contributed by atoms with Crippen LogP contribution in [0.1, 0.15) is 27.2 Å². The first-order valence-corrected chi connectivity index (χ1v) is 7.52. The predicted octanol–water partition coefficient (Wildman–Crippen LogP) is 2.58. The summed E-state index contributed by atoms with van der Waals surface area (Å²) < 4.78 is 17.1. The number of benzene rings is 1. The lowest BCUT2D eigenvalue weighted by Gasteiger charge is -2.20. The zero-order valence-corrected chi connectivity index (χ0v) is 12.5. The average molecular weight is 269 g/mol. The standard InChI is InChI=1S/C14H23NO2S/c1-14(2,3)15-10-5-11-18(16)13-8-6-12(17-4)7-9-13/h6-9,15H,5,10-11H2,1-4H3. The predicted molar refractivity (Wildman–Crippen MR) is 76.6 cm³/mol. The van der Waals surface area contributed by atoms with Gasteiger partial charge in [-0.2, -0.15) is 0 Å². The van der Waals surface area contributed by atoms with Gasteiger partial charge in [-0.1, -0.05) is 0 Å². The third kappa shape index (κ3) is 5.65. The number of rotatable bonds is 6. The largest absolute Gasteiger partial charge is 0.497 e. The van der Waals surface area contributed by atoms with Gasteiger partial charge < -0.3 is 10.1 Å². The molecule has 0 spiro atoms. The molecule has 1 atom stereocenters. The summed E-state index contributed by atoms with van der Waals surface area (Å²) in [5.41, 5.74) is 0.127. The summed E-state index contributed by atoms with van der Waals surface area (Å²) in [6.45, 7) is 7.29. The molecule has 0 radical (unpaired) electrons. The molecule has 0 saturated heterocycles. The van der Waals surface area contributed by atoms with Crippen molar-refractivity contribution in [3.63, 3.8) is 0 Å². The number of hydrogen-bond acceptors (Lipinski definition) is 3. The Balaban J connectivity index is 2.36. The van der Waals surface area contributed by atoms with Gasteiger partial charge in [0.15, 0.2) is 0 Å². The molecule has 1 aromatic carbocycles. The first kappa shape index (κ1) is 15.2. The third-order valence-corrected chi connectivity index (χ3v) is 3.94. The van der Waals surface area contributed by atoms with Gasteiger partial charge in [-0.3, -0.25) is 4.21 Å². The highest BCUT2D eigenvalue weighted by atomic mass is 32.2. The highest BCUT2D eigenvalue weighted by Gasteiger charge is 2.08. The number of methoxy groups -OCH3 is 1. The van der Waals surface area contributed by atoms with Crippen LogP contribution in [0, 0.1) is 0 Å². The summed E-state index contributed by atoms with van der Waals surface area (Å²) in [5, 5.41) is 3.39. The van der Waals surface area contributed by atoms with Gasteiger partial charge in [0.2, 0.25) is 0 Å². The second-order valence-corrected chi connectivity index (χ2v) is 6.83. The van der Waals surface area contributed by atoms with E-state index in [0.29, 0.717) is 5.75 Å². The Labute approximate surface area is 112 Å². The van der Waals surface area contributed by atoms with Gasteiger partial charge >= 0.3 is 0 Å². The average Bonchev–Trinajstić information content (AvgIpc) is 2.33. The summed E-state index contributed by atoms with van der Waals surface area (Å²) in [6, 6.07) is 7.43. The zero-order valence-electron chi connectivity index (χ0n) is 11.7. The second kappa shape index (κ2) is 6.90. The smallest absolute Gasteiger partial charge is 0.118 e. The molecule has 18 heavy (non-hydrogen) atoms. The SMILES string of the molecule is COc1ccc(S(=O)CCCNC(C)(C)C)cc1. The van der Waals surface area contributed by atoms with Crippen molar-refractivity contribution < 1.29 is 8.95 Å². The van der Waals surface area contributed by atoms with Gasteiger partial charge in [0.1, 0.15) is 5.75 Å². The Morgan fingerprint density at radius 3 is 2.33 bits per heavy atom. The molecule has 0 saturated carbocycles. The molecule has 0 aromatic heterocycles. The summed E-state index contributed by atoms with van der Waals surface area (Å²) >= 11 is 0. The Bertz CT molecular complexity index is 382. The molecular weight excluding hydrogens is 246 g/mol. The minimum Gasteiger partial charge on any atom is -0.497 e.